The van der Waals surface area contributed by atoms with Crippen LogP contribution in [0.15, 0.2) is 40.2 Å². The molecule has 0 aliphatic carbocycles. The van der Waals surface area contributed by atoms with Crippen LogP contribution in [0.2, 0.25) is 0 Å². The SMILES string of the molecule is CN(Cc1ccc(C#N)cc1)Cc1cc(Br)cs1. The largest absolute Gasteiger partial charge is 0.297 e. The van der Waals surface area contributed by atoms with E-state index in [4.69, 9.17) is 5.26 Å². The molecule has 0 bridgehead atoms. The van der Waals surface area contributed by atoms with Gasteiger partial charge in [-0.1, -0.05) is 12.1 Å². The molecule has 0 aliphatic heterocycles. The molecule has 0 aliphatic rings. The van der Waals surface area contributed by atoms with E-state index in [2.05, 4.69) is 45.4 Å². The molecule has 1 aromatic heterocycles. The van der Waals surface area contributed by atoms with Crippen LogP contribution in [0.25, 0.3) is 0 Å². The Kier molecular flexibility index (Phi) is 4.54. The minimum absolute atomic E-state index is 0.712. The van der Waals surface area contributed by atoms with Crippen molar-refractivity contribution in [3.63, 3.8) is 0 Å². The van der Waals surface area contributed by atoms with Crippen LogP contribution in [0.3, 0.4) is 0 Å². The fraction of sp³-hybridized carbons (Fsp3) is 0.214. The molecule has 0 saturated carbocycles. The number of nitrogens with zero attached hydrogens (tertiary/aromatic N) is 2. The van der Waals surface area contributed by atoms with Gasteiger partial charge in [0.15, 0.2) is 0 Å². The molecule has 2 nitrogen and oxygen atoms in total. The lowest BCUT2D eigenvalue weighted by molar-refractivity contribution is 0.322. The van der Waals surface area contributed by atoms with Crippen molar-refractivity contribution in [2.45, 2.75) is 13.1 Å². The highest BCUT2D eigenvalue weighted by atomic mass is 79.9. The molecule has 92 valence electrons. The molecule has 1 heterocycles. The topological polar surface area (TPSA) is 27.0 Å². The lowest BCUT2D eigenvalue weighted by Crippen LogP contribution is -2.16. The van der Waals surface area contributed by atoms with E-state index in [0.717, 1.165) is 17.6 Å². The van der Waals surface area contributed by atoms with Gasteiger partial charge in [-0.3, -0.25) is 4.90 Å². The standard InChI is InChI=1S/C14H13BrN2S/c1-17(9-14-6-13(15)10-18-14)8-12-4-2-11(7-16)3-5-12/h2-6,10H,8-9H2,1H3. The van der Waals surface area contributed by atoms with Crippen LogP contribution in [0.1, 0.15) is 16.0 Å². The van der Waals surface area contributed by atoms with Crippen molar-refractivity contribution >= 4 is 27.3 Å². The molecule has 2 rings (SSSR count). The number of thiophene rings is 1. The van der Waals surface area contributed by atoms with E-state index < -0.39 is 0 Å². The van der Waals surface area contributed by atoms with Crippen molar-refractivity contribution in [2.24, 2.45) is 0 Å². The Morgan fingerprint density at radius 3 is 2.56 bits per heavy atom. The Hall–Kier alpha value is -1.15. The zero-order valence-corrected chi connectivity index (χ0v) is 12.5. The van der Waals surface area contributed by atoms with E-state index >= 15 is 0 Å². The molecule has 1 aromatic carbocycles. The average molecular weight is 321 g/mol. The van der Waals surface area contributed by atoms with Crippen molar-refractivity contribution < 1.29 is 0 Å². The average Bonchev–Trinajstić information content (AvgIpc) is 2.75. The molecule has 0 spiro atoms. The van der Waals surface area contributed by atoms with Gasteiger partial charge in [0, 0.05) is 27.8 Å². The molecule has 0 atom stereocenters. The number of rotatable bonds is 4. The number of benzene rings is 1. The molecule has 0 N–H and O–H groups in total. The lowest BCUT2D eigenvalue weighted by atomic mass is 10.1. The summed E-state index contributed by atoms with van der Waals surface area (Å²) in [5.74, 6) is 0. The van der Waals surface area contributed by atoms with Crippen LogP contribution in [-0.2, 0) is 13.1 Å². The lowest BCUT2D eigenvalue weighted by Gasteiger charge is -2.15. The number of halogens is 1. The molecule has 0 radical (unpaired) electrons. The van der Waals surface area contributed by atoms with Crippen LogP contribution in [-0.4, -0.2) is 11.9 Å². The summed E-state index contributed by atoms with van der Waals surface area (Å²) >= 11 is 5.23. The van der Waals surface area contributed by atoms with E-state index in [1.807, 2.05) is 24.3 Å². The van der Waals surface area contributed by atoms with Gasteiger partial charge in [-0.25, -0.2) is 0 Å². The quantitative estimate of drug-likeness (QED) is 0.850. The Balaban J connectivity index is 1.94. The van der Waals surface area contributed by atoms with E-state index in [9.17, 15) is 0 Å². The first-order valence-corrected chi connectivity index (χ1v) is 7.25. The predicted molar refractivity (Wildman–Crippen MR) is 78.3 cm³/mol. The minimum atomic E-state index is 0.712. The van der Waals surface area contributed by atoms with Gasteiger partial charge in [0.25, 0.3) is 0 Å². The second-order valence-electron chi connectivity index (χ2n) is 4.21. The second-order valence-corrected chi connectivity index (χ2v) is 6.12. The van der Waals surface area contributed by atoms with Crippen molar-refractivity contribution in [3.8, 4) is 6.07 Å². The van der Waals surface area contributed by atoms with Crippen LogP contribution >= 0.6 is 27.3 Å². The summed E-state index contributed by atoms with van der Waals surface area (Å²) < 4.78 is 1.15. The molecule has 0 amide bonds. The summed E-state index contributed by atoms with van der Waals surface area (Å²) in [6.07, 6.45) is 0. The summed E-state index contributed by atoms with van der Waals surface area (Å²) in [5, 5.41) is 10.8. The van der Waals surface area contributed by atoms with Crippen LogP contribution < -0.4 is 0 Å². The Morgan fingerprint density at radius 2 is 2.00 bits per heavy atom. The molecule has 0 saturated heterocycles. The molecular formula is C14H13BrN2S. The fourth-order valence-electron chi connectivity index (χ4n) is 1.76. The summed E-state index contributed by atoms with van der Waals surface area (Å²) in [6, 6.07) is 12.0. The molecular weight excluding hydrogens is 308 g/mol. The van der Waals surface area contributed by atoms with Crippen LogP contribution in [0.5, 0.6) is 0 Å². The monoisotopic (exact) mass is 320 g/mol. The number of nitriles is 1. The predicted octanol–water partition coefficient (Wildman–Crippen LogP) is 4.01. The van der Waals surface area contributed by atoms with Gasteiger partial charge in [0.2, 0.25) is 0 Å². The van der Waals surface area contributed by atoms with Crippen molar-refractivity contribution in [1.82, 2.24) is 4.90 Å². The van der Waals surface area contributed by atoms with E-state index in [1.165, 1.54) is 10.4 Å². The summed E-state index contributed by atoms with van der Waals surface area (Å²) in [6.45, 7) is 1.83. The minimum Gasteiger partial charge on any atom is -0.297 e. The van der Waals surface area contributed by atoms with Gasteiger partial charge in [0.05, 0.1) is 11.6 Å². The first kappa shape index (κ1) is 13.3. The highest BCUT2D eigenvalue weighted by molar-refractivity contribution is 9.10. The van der Waals surface area contributed by atoms with Crippen molar-refractivity contribution in [3.05, 3.63) is 56.2 Å². The maximum atomic E-state index is 8.74. The fourth-order valence-corrected chi connectivity index (χ4v) is 3.29. The normalized spacial score (nSPS) is 10.6. The van der Waals surface area contributed by atoms with Crippen LogP contribution in [0, 0.1) is 11.3 Å². The highest BCUT2D eigenvalue weighted by Crippen LogP contribution is 2.21. The van der Waals surface area contributed by atoms with Gasteiger partial charge in [-0.05, 0) is 46.7 Å². The molecule has 2 aromatic rings. The Bertz CT molecular complexity index is 554. The van der Waals surface area contributed by atoms with Crippen molar-refractivity contribution in [1.29, 1.82) is 5.26 Å². The third-order valence-corrected chi connectivity index (χ3v) is 4.27. The van der Waals surface area contributed by atoms with E-state index in [1.54, 1.807) is 11.3 Å². The van der Waals surface area contributed by atoms with Gasteiger partial charge in [-0.15, -0.1) is 11.3 Å². The van der Waals surface area contributed by atoms with Gasteiger partial charge in [-0.2, -0.15) is 5.26 Å². The summed E-state index contributed by atoms with van der Waals surface area (Å²) in [5.41, 5.74) is 1.94. The number of hydrogen-bond acceptors (Lipinski definition) is 3. The number of hydrogen-bond donors (Lipinski definition) is 0. The molecule has 0 unspecified atom stereocenters. The van der Waals surface area contributed by atoms with Gasteiger partial charge in [0.1, 0.15) is 0 Å². The Morgan fingerprint density at radius 1 is 1.28 bits per heavy atom. The Labute approximate surface area is 120 Å². The molecule has 4 heteroatoms. The van der Waals surface area contributed by atoms with E-state index in [-0.39, 0.29) is 0 Å². The smallest absolute Gasteiger partial charge is 0.0991 e. The molecule has 0 fully saturated rings. The van der Waals surface area contributed by atoms with E-state index in [0.29, 0.717) is 5.56 Å². The first-order chi connectivity index (χ1) is 8.67. The maximum absolute atomic E-state index is 8.74. The third kappa shape index (κ3) is 3.67. The maximum Gasteiger partial charge on any atom is 0.0991 e. The van der Waals surface area contributed by atoms with Gasteiger partial charge < -0.3 is 0 Å². The first-order valence-electron chi connectivity index (χ1n) is 5.58. The second kappa shape index (κ2) is 6.14. The summed E-state index contributed by atoms with van der Waals surface area (Å²) in [7, 11) is 2.10. The third-order valence-electron chi connectivity index (χ3n) is 2.58. The summed E-state index contributed by atoms with van der Waals surface area (Å²) in [4.78, 5) is 3.61. The molecule has 18 heavy (non-hydrogen) atoms. The zero-order valence-electron chi connectivity index (χ0n) is 10.1. The highest BCUT2D eigenvalue weighted by Gasteiger charge is 2.04. The van der Waals surface area contributed by atoms with Crippen LogP contribution in [0.4, 0.5) is 0 Å². The van der Waals surface area contributed by atoms with Gasteiger partial charge >= 0.3 is 0 Å². The van der Waals surface area contributed by atoms with Crippen molar-refractivity contribution in [2.75, 3.05) is 7.05 Å². The zero-order chi connectivity index (χ0) is 13.0.